The Morgan fingerprint density at radius 1 is 1.15 bits per heavy atom. The second-order valence-corrected chi connectivity index (χ2v) is 5.39. The van der Waals surface area contributed by atoms with Crippen LogP contribution in [0.5, 0.6) is 0 Å². The highest BCUT2D eigenvalue weighted by Gasteiger charge is 2.54. The fraction of sp³-hybridized carbons (Fsp3) is 0.625. The predicted molar refractivity (Wildman–Crippen MR) is 80.6 cm³/mol. The lowest BCUT2D eigenvalue weighted by Gasteiger charge is -2.34. The van der Waals surface area contributed by atoms with Crippen molar-refractivity contribution in [2.45, 2.75) is 32.1 Å². The highest BCUT2D eigenvalue weighted by atomic mass is 16.2. The number of rotatable bonds is 2. The van der Waals surface area contributed by atoms with E-state index in [-0.39, 0.29) is 11.3 Å². The summed E-state index contributed by atoms with van der Waals surface area (Å²) in [5.74, 6) is 0.286. The Morgan fingerprint density at radius 3 is 2.30 bits per heavy atom. The lowest BCUT2D eigenvalue weighted by atomic mass is 9.99. The molecule has 1 aromatic rings. The number of hydrogen-bond acceptors (Lipinski definition) is 3. The number of hydrogen-bond donors (Lipinski definition) is 0. The number of carbonyl (C=O) groups is 1. The van der Waals surface area contributed by atoms with Crippen molar-refractivity contribution in [1.29, 1.82) is 0 Å². The molecule has 0 bridgehead atoms. The molecule has 2 aliphatic rings. The second kappa shape index (κ2) is 6.35. The standard InChI is InChI=1S/C14H19N3O.C2H6/c1-16-8-10-17(11-9-16)13(18)14(5-6-14)12-4-2-3-7-15-12;1-2/h2-4,7H,5-6,8-11H2,1H3;1-2H3. The maximum absolute atomic E-state index is 12.7. The van der Waals surface area contributed by atoms with Gasteiger partial charge in [0.1, 0.15) is 0 Å². The van der Waals surface area contributed by atoms with Crippen molar-refractivity contribution >= 4 is 5.91 Å². The van der Waals surface area contributed by atoms with Gasteiger partial charge in [0.05, 0.1) is 11.1 Å². The highest BCUT2D eigenvalue weighted by molar-refractivity contribution is 5.90. The van der Waals surface area contributed by atoms with Gasteiger partial charge in [0.15, 0.2) is 0 Å². The summed E-state index contributed by atoms with van der Waals surface area (Å²) in [6.07, 6.45) is 3.69. The van der Waals surface area contributed by atoms with Crippen LogP contribution in [0, 0.1) is 0 Å². The molecule has 4 heteroatoms. The first-order valence-corrected chi connectivity index (χ1v) is 7.62. The maximum atomic E-state index is 12.7. The fourth-order valence-corrected chi connectivity index (χ4v) is 2.66. The van der Waals surface area contributed by atoms with E-state index in [2.05, 4.69) is 16.9 Å². The van der Waals surface area contributed by atoms with Gasteiger partial charge >= 0.3 is 0 Å². The number of pyridine rings is 1. The van der Waals surface area contributed by atoms with E-state index in [9.17, 15) is 4.79 Å². The van der Waals surface area contributed by atoms with Crippen molar-refractivity contribution in [3.05, 3.63) is 30.1 Å². The smallest absolute Gasteiger partial charge is 0.234 e. The van der Waals surface area contributed by atoms with Gasteiger partial charge in [-0.25, -0.2) is 0 Å². The summed E-state index contributed by atoms with van der Waals surface area (Å²) in [4.78, 5) is 21.3. The summed E-state index contributed by atoms with van der Waals surface area (Å²) in [5.41, 5.74) is 0.658. The third-order valence-corrected chi connectivity index (χ3v) is 4.11. The zero-order valence-electron chi connectivity index (χ0n) is 12.8. The number of nitrogens with zero attached hydrogens (tertiary/aromatic N) is 3. The van der Waals surface area contributed by atoms with E-state index in [1.165, 1.54) is 0 Å². The van der Waals surface area contributed by atoms with Gasteiger partial charge in [0.2, 0.25) is 5.91 Å². The van der Waals surface area contributed by atoms with Crippen LogP contribution < -0.4 is 0 Å². The van der Waals surface area contributed by atoms with Crippen LogP contribution in [-0.2, 0) is 10.2 Å². The van der Waals surface area contributed by atoms with Crippen molar-refractivity contribution < 1.29 is 4.79 Å². The normalized spacial score (nSPS) is 20.9. The molecular weight excluding hydrogens is 250 g/mol. The molecule has 0 N–H and O–H groups in total. The Hall–Kier alpha value is -1.42. The zero-order chi connectivity index (χ0) is 14.6. The molecule has 2 heterocycles. The average molecular weight is 275 g/mol. The van der Waals surface area contributed by atoms with E-state index in [4.69, 9.17) is 0 Å². The van der Waals surface area contributed by atoms with Gasteiger partial charge in [-0.15, -0.1) is 0 Å². The second-order valence-electron chi connectivity index (χ2n) is 5.39. The molecule has 1 saturated heterocycles. The van der Waals surface area contributed by atoms with E-state index in [0.717, 1.165) is 44.7 Å². The molecule has 1 amide bonds. The van der Waals surface area contributed by atoms with Gasteiger partial charge < -0.3 is 9.80 Å². The molecule has 1 aliphatic heterocycles. The molecule has 3 rings (SSSR count). The third kappa shape index (κ3) is 2.85. The Bertz CT molecular complexity index is 434. The summed E-state index contributed by atoms with van der Waals surface area (Å²) in [6.45, 7) is 7.65. The minimum atomic E-state index is -0.294. The molecule has 0 aromatic carbocycles. The van der Waals surface area contributed by atoms with Crippen LogP contribution in [0.15, 0.2) is 24.4 Å². The van der Waals surface area contributed by atoms with E-state index in [0.29, 0.717) is 0 Å². The third-order valence-electron chi connectivity index (χ3n) is 4.11. The molecule has 0 radical (unpaired) electrons. The Balaban J connectivity index is 0.000000704. The van der Waals surface area contributed by atoms with Crippen molar-refractivity contribution in [3.8, 4) is 0 Å². The Labute approximate surface area is 121 Å². The van der Waals surface area contributed by atoms with E-state index in [1.807, 2.05) is 36.9 Å². The predicted octanol–water partition coefficient (Wildman–Crippen LogP) is 1.91. The summed E-state index contributed by atoms with van der Waals surface area (Å²) in [6, 6.07) is 5.86. The SMILES string of the molecule is CC.CN1CCN(C(=O)C2(c3ccccn3)CC2)CC1. The highest BCUT2D eigenvalue weighted by Crippen LogP contribution is 2.48. The molecule has 1 aromatic heterocycles. The molecule has 0 unspecified atom stereocenters. The average Bonchev–Trinajstić information content (AvgIpc) is 3.32. The van der Waals surface area contributed by atoms with Crippen LogP contribution in [0.25, 0.3) is 0 Å². The summed E-state index contributed by atoms with van der Waals surface area (Å²) in [5, 5.41) is 0. The van der Waals surface area contributed by atoms with Crippen LogP contribution in [-0.4, -0.2) is 53.9 Å². The molecule has 20 heavy (non-hydrogen) atoms. The molecule has 0 spiro atoms. The molecule has 0 atom stereocenters. The fourth-order valence-electron chi connectivity index (χ4n) is 2.66. The number of carbonyl (C=O) groups excluding carboxylic acids is 1. The maximum Gasteiger partial charge on any atom is 0.234 e. The monoisotopic (exact) mass is 275 g/mol. The summed E-state index contributed by atoms with van der Waals surface area (Å²) in [7, 11) is 2.10. The van der Waals surface area contributed by atoms with Gasteiger partial charge in [-0.3, -0.25) is 9.78 Å². The number of aromatic nitrogens is 1. The molecule has 1 saturated carbocycles. The molecule has 110 valence electrons. The lowest BCUT2D eigenvalue weighted by molar-refractivity contribution is -0.135. The van der Waals surface area contributed by atoms with Crippen molar-refractivity contribution in [1.82, 2.24) is 14.8 Å². The van der Waals surface area contributed by atoms with Gasteiger partial charge in [-0.1, -0.05) is 19.9 Å². The van der Waals surface area contributed by atoms with Crippen molar-refractivity contribution in [3.63, 3.8) is 0 Å². The first kappa shape index (κ1) is 15.0. The van der Waals surface area contributed by atoms with Crippen LogP contribution in [0.3, 0.4) is 0 Å². The van der Waals surface area contributed by atoms with Crippen molar-refractivity contribution in [2.75, 3.05) is 33.2 Å². The quantitative estimate of drug-likeness (QED) is 0.827. The Morgan fingerprint density at radius 2 is 1.80 bits per heavy atom. The van der Waals surface area contributed by atoms with Gasteiger partial charge in [-0.05, 0) is 32.0 Å². The topological polar surface area (TPSA) is 36.4 Å². The number of amides is 1. The van der Waals surface area contributed by atoms with Gasteiger partial charge in [-0.2, -0.15) is 0 Å². The number of piperazine rings is 1. The van der Waals surface area contributed by atoms with E-state index >= 15 is 0 Å². The van der Waals surface area contributed by atoms with Crippen LogP contribution in [0.1, 0.15) is 32.4 Å². The van der Waals surface area contributed by atoms with Crippen LogP contribution in [0.2, 0.25) is 0 Å². The minimum Gasteiger partial charge on any atom is -0.339 e. The number of likely N-dealkylation sites (N-methyl/N-ethyl adjacent to an activating group) is 1. The zero-order valence-corrected chi connectivity index (χ0v) is 12.8. The summed E-state index contributed by atoms with van der Waals surface area (Å²) >= 11 is 0. The molecular formula is C16H25N3O. The van der Waals surface area contributed by atoms with Gasteiger partial charge in [0, 0.05) is 32.4 Å². The first-order valence-electron chi connectivity index (χ1n) is 7.62. The minimum absolute atomic E-state index is 0.286. The van der Waals surface area contributed by atoms with Crippen LogP contribution >= 0.6 is 0 Å². The Kier molecular flexibility index (Phi) is 4.76. The van der Waals surface area contributed by atoms with Crippen molar-refractivity contribution in [2.24, 2.45) is 0 Å². The largest absolute Gasteiger partial charge is 0.339 e. The van der Waals surface area contributed by atoms with E-state index in [1.54, 1.807) is 6.20 Å². The van der Waals surface area contributed by atoms with Gasteiger partial charge in [0.25, 0.3) is 0 Å². The van der Waals surface area contributed by atoms with E-state index < -0.39 is 0 Å². The summed E-state index contributed by atoms with van der Waals surface area (Å²) < 4.78 is 0. The first-order chi connectivity index (χ1) is 9.72. The molecule has 1 aliphatic carbocycles. The lowest BCUT2D eigenvalue weighted by Crippen LogP contribution is -2.50. The molecule has 2 fully saturated rings. The molecule has 4 nitrogen and oxygen atoms in total. The van der Waals surface area contributed by atoms with Crippen LogP contribution in [0.4, 0.5) is 0 Å².